The quantitative estimate of drug-likeness (QED) is 0.481. The molecule has 0 aromatic carbocycles. The first-order valence-corrected chi connectivity index (χ1v) is 4.51. The minimum absolute atomic E-state index is 0.139. The molecule has 6 heteroatoms. The zero-order valence-corrected chi connectivity index (χ0v) is 8.86. The summed E-state index contributed by atoms with van der Waals surface area (Å²) in [6, 6.07) is 0.736. The molecule has 0 fully saturated rings. The summed E-state index contributed by atoms with van der Waals surface area (Å²) in [7, 11) is 0. The molecule has 6 nitrogen and oxygen atoms in total. The molecule has 3 N–H and O–H groups in total. The largest absolute Gasteiger partial charge is 0.449 e. The van der Waals surface area contributed by atoms with Gasteiger partial charge in [-0.15, -0.1) is 0 Å². The maximum atomic E-state index is 11.2. The Morgan fingerprint density at radius 2 is 2.27 bits per heavy atom. The van der Waals surface area contributed by atoms with E-state index in [9.17, 15) is 9.90 Å². The van der Waals surface area contributed by atoms with Crippen LogP contribution in [0, 0.1) is 11.3 Å². The van der Waals surface area contributed by atoms with Crippen LogP contribution in [0.1, 0.15) is 13.8 Å². The summed E-state index contributed by atoms with van der Waals surface area (Å²) in [5.41, 5.74) is -0.983. The molecule has 0 unspecified atom stereocenters. The van der Waals surface area contributed by atoms with E-state index in [1.807, 2.05) is 0 Å². The average Bonchev–Trinajstić information content (AvgIpc) is 2.13. The zero-order valence-electron chi connectivity index (χ0n) is 8.86. The number of carbonyl (C=O) groups is 1. The molecule has 0 saturated carbocycles. The van der Waals surface area contributed by atoms with Gasteiger partial charge in [-0.1, -0.05) is 0 Å². The summed E-state index contributed by atoms with van der Waals surface area (Å²) in [5.74, 6) is -0.705. The Morgan fingerprint density at radius 1 is 1.67 bits per heavy atom. The SMILES string of the molecule is CC(C)(O)CN[C@@H](CO)C(=O)OCC#N. The first-order valence-electron chi connectivity index (χ1n) is 4.51. The Balaban J connectivity index is 4.03. The van der Waals surface area contributed by atoms with Crippen molar-refractivity contribution in [3.63, 3.8) is 0 Å². The van der Waals surface area contributed by atoms with Crippen molar-refractivity contribution in [2.24, 2.45) is 0 Å². The molecule has 0 bridgehead atoms. The molecule has 0 heterocycles. The van der Waals surface area contributed by atoms with E-state index in [2.05, 4.69) is 10.1 Å². The minimum atomic E-state index is -0.983. The molecule has 0 aliphatic heterocycles. The lowest BCUT2D eigenvalue weighted by Gasteiger charge is -2.21. The van der Waals surface area contributed by atoms with E-state index in [0.29, 0.717) is 0 Å². The van der Waals surface area contributed by atoms with Crippen LogP contribution in [0.15, 0.2) is 0 Å². The van der Waals surface area contributed by atoms with Gasteiger partial charge >= 0.3 is 5.97 Å². The van der Waals surface area contributed by atoms with Gasteiger partial charge in [0.25, 0.3) is 0 Å². The van der Waals surface area contributed by atoms with Crippen LogP contribution in [-0.4, -0.2) is 47.6 Å². The van der Waals surface area contributed by atoms with E-state index in [1.54, 1.807) is 19.9 Å². The van der Waals surface area contributed by atoms with Crippen molar-refractivity contribution in [1.82, 2.24) is 5.32 Å². The second-order valence-electron chi connectivity index (χ2n) is 3.69. The van der Waals surface area contributed by atoms with Gasteiger partial charge in [-0.25, -0.2) is 0 Å². The lowest BCUT2D eigenvalue weighted by molar-refractivity contribution is -0.146. The predicted octanol–water partition coefficient (Wildman–Crippen LogP) is -1.23. The van der Waals surface area contributed by atoms with Crippen molar-refractivity contribution in [2.45, 2.75) is 25.5 Å². The van der Waals surface area contributed by atoms with E-state index in [-0.39, 0.29) is 13.2 Å². The summed E-state index contributed by atoms with van der Waals surface area (Å²) in [4.78, 5) is 11.2. The van der Waals surface area contributed by atoms with Gasteiger partial charge in [0, 0.05) is 6.54 Å². The molecule has 0 aromatic rings. The number of aliphatic hydroxyl groups excluding tert-OH is 1. The lowest BCUT2D eigenvalue weighted by atomic mass is 10.1. The van der Waals surface area contributed by atoms with Gasteiger partial charge in [0.2, 0.25) is 0 Å². The third kappa shape index (κ3) is 6.85. The Bertz CT molecular complexity index is 241. The number of rotatable bonds is 6. The number of ether oxygens (including phenoxy) is 1. The predicted molar refractivity (Wildman–Crippen MR) is 51.7 cm³/mol. The van der Waals surface area contributed by atoms with Crippen molar-refractivity contribution in [1.29, 1.82) is 5.26 Å². The number of carbonyl (C=O) groups excluding carboxylic acids is 1. The molecule has 0 aliphatic carbocycles. The van der Waals surface area contributed by atoms with Gasteiger partial charge in [0.1, 0.15) is 12.1 Å². The number of hydrogen-bond donors (Lipinski definition) is 3. The van der Waals surface area contributed by atoms with Crippen molar-refractivity contribution in [3.8, 4) is 6.07 Å². The first kappa shape index (κ1) is 13.8. The molecular weight excluding hydrogens is 200 g/mol. The summed E-state index contributed by atoms with van der Waals surface area (Å²) < 4.78 is 4.51. The van der Waals surface area contributed by atoms with Crippen LogP contribution >= 0.6 is 0 Å². The van der Waals surface area contributed by atoms with E-state index in [0.717, 1.165) is 0 Å². The van der Waals surface area contributed by atoms with E-state index in [4.69, 9.17) is 10.4 Å². The first-order chi connectivity index (χ1) is 6.90. The number of nitriles is 1. The Morgan fingerprint density at radius 3 is 2.67 bits per heavy atom. The summed E-state index contributed by atoms with van der Waals surface area (Å²) >= 11 is 0. The van der Waals surface area contributed by atoms with Crippen LogP contribution in [0.25, 0.3) is 0 Å². The van der Waals surface area contributed by atoms with Crippen LogP contribution in [0.4, 0.5) is 0 Å². The number of aliphatic hydroxyl groups is 2. The minimum Gasteiger partial charge on any atom is -0.449 e. The molecule has 15 heavy (non-hydrogen) atoms. The second-order valence-corrected chi connectivity index (χ2v) is 3.69. The highest BCUT2D eigenvalue weighted by Gasteiger charge is 2.21. The number of nitrogens with zero attached hydrogens (tertiary/aromatic N) is 1. The highest BCUT2D eigenvalue weighted by molar-refractivity contribution is 5.76. The Kier molecular flexibility index (Phi) is 5.86. The van der Waals surface area contributed by atoms with Crippen LogP contribution in [0.2, 0.25) is 0 Å². The fourth-order valence-electron chi connectivity index (χ4n) is 0.799. The van der Waals surface area contributed by atoms with Crippen molar-refractivity contribution < 1.29 is 19.7 Å². The molecule has 0 aliphatic rings. The summed E-state index contributed by atoms with van der Waals surface area (Å²) in [5, 5.41) is 29.0. The Hall–Kier alpha value is -1.16. The van der Waals surface area contributed by atoms with Crippen LogP contribution in [-0.2, 0) is 9.53 Å². The van der Waals surface area contributed by atoms with Gasteiger partial charge in [-0.2, -0.15) is 5.26 Å². The van der Waals surface area contributed by atoms with Crippen molar-refractivity contribution in [3.05, 3.63) is 0 Å². The van der Waals surface area contributed by atoms with E-state index in [1.165, 1.54) is 0 Å². The molecule has 0 aromatic heterocycles. The topological polar surface area (TPSA) is 103 Å². The van der Waals surface area contributed by atoms with Crippen molar-refractivity contribution in [2.75, 3.05) is 19.8 Å². The number of nitrogens with one attached hydrogen (secondary N) is 1. The van der Waals surface area contributed by atoms with Gasteiger partial charge in [0.15, 0.2) is 6.61 Å². The smallest absolute Gasteiger partial charge is 0.326 e. The second kappa shape index (κ2) is 6.35. The van der Waals surface area contributed by atoms with E-state index < -0.39 is 24.2 Å². The standard InChI is InChI=1S/C9H16N2O4/c1-9(2,14)6-11-7(5-12)8(13)15-4-3-10/h7,11-12,14H,4-6H2,1-2H3/t7-/m0/s1. The highest BCUT2D eigenvalue weighted by Crippen LogP contribution is 1.99. The molecule has 0 rings (SSSR count). The lowest BCUT2D eigenvalue weighted by Crippen LogP contribution is -2.47. The van der Waals surface area contributed by atoms with E-state index >= 15 is 0 Å². The van der Waals surface area contributed by atoms with Crippen LogP contribution in [0.5, 0.6) is 0 Å². The van der Waals surface area contributed by atoms with Gasteiger partial charge < -0.3 is 14.9 Å². The zero-order chi connectivity index (χ0) is 11.9. The summed E-state index contributed by atoms with van der Waals surface area (Å²) in [6.45, 7) is 2.48. The van der Waals surface area contributed by atoms with Gasteiger partial charge in [-0.05, 0) is 13.8 Å². The molecule has 0 saturated heterocycles. The van der Waals surface area contributed by atoms with Gasteiger partial charge in [0.05, 0.1) is 12.2 Å². The van der Waals surface area contributed by atoms with Gasteiger partial charge in [-0.3, -0.25) is 10.1 Å². The molecule has 1 atom stereocenters. The average molecular weight is 216 g/mol. The fraction of sp³-hybridized carbons (Fsp3) is 0.778. The van der Waals surface area contributed by atoms with Crippen LogP contribution in [0.3, 0.4) is 0 Å². The molecule has 0 spiro atoms. The number of esters is 1. The fourth-order valence-corrected chi connectivity index (χ4v) is 0.799. The third-order valence-corrected chi connectivity index (χ3v) is 1.53. The maximum Gasteiger partial charge on any atom is 0.326 e. The molecule has 86 valence electrons. The van der Waals surface area contributed by atoms with Crippen LogP contribution < -0.4 is 5.32 Å². The number of hydrogen-bond acceptors (Lipinski definition) is 6. The molecule has 0 radical (unpaired) electrons. The molecular formula is C9H16N2O4. The highest BCUT2D eigenvalue weighted by atomic mass is 16.5. The monoisotopic (exact) mass is 216 g/mol. The van der Waals surface area contributed by atoms with Crippen molar-refractivity contribution >= 4 is 5.97 Å². The maximum absolute atomic E-state index is 11.2. The Labute approximate surface area is 88.5 Å². The summed E-state index contributed by atoms with van der Waals surface area (Å²) in [6.07, 6.45) is 0. The molecule has 0 amide bonds. The normalized spacial score (nSPS) is 13.0. The third-order valence-electron chi connectivity index (χ3n) is 1.53.